The van der Waals surface area contributed by atoms with Crippen molar-refractivity contribution >= 4 is 23.2 Å². The number of hydrogen-bond acceptors (Lipinski definition) is 3. The molecule has 1 N–H and O–H groups in total. The second-order valence-electron chi connectivity index (χ2n) is 3.62. The smallest absolute Gasteiger partial charge is 0.275 e. The van der Waals surface area contributed by atoms with Gasteiger partial charge in [-0.25, -0.2) is 0 Å². The van der Waals surface area contributed by atoms with Crippen molar-refractivity contribution in [2.75, 3.05) is 12.4 Å². The van der Waals surface area contributed by atoms with Gasteiger partial charge in [-0.3, -0.25) is 9.48 Å². The lowest BCUT2D eigenvalue weighted by atomic mass is 10.3. The van der Waals surface area contributed by atoms with E-state index >= 15 is 0 Å². The number of anilines is 1. The Kier molecular flexibility index (Phi) is 3.53. The summed E-state index contributed by atoms with van der Waals surface area (Å²) in [4.78, 5) is 12.1. The molecule has 1 heterocycles. The van der Waals surface area contributed by atoms with Crippen LogP contribution >= 0.6 is 11.6 Å². The molecule has 0 aliphatic heterocycles. The van der Waals surface area contributed by atoms with E-state index in [4.69, 9.17) is 16.3 Å². The molecule has 0 spiro atoms. The van der Waals surface area contributed by atoms with Gasteiger partial charge in [0.2, 0.25) is 0 Å². The Balaban J connectivity index is 2.27. The lowest BCUT2D eigenvalue weighted by molar-refractivity contribution is 0.101. The SMILES string of the molecule is COc1ccccc1NC(=O)c1c(Cl)cnn1C. The number of nitrogens with one attached hydrogen (secondary N) is 1. The Morgan fingerprint density at radius 2 is 2.17 bits per heavy atom. The summed E-state index contributed by atoms with van der Waals surface area (Å²) in [6.07, 6.45) is 1.43. The van der Waals surface area contributed by atoms with Gasteiger partial charge in [0.15, 0.2) is 0 Å². The number of methoxy groups -OCH3 is 1. The van der Waals surface area contributed by atoms with Crippen LogP contribution in [0.4, 0.5) is 5.69 Å². The van der Waals surface area contributed by atoms with Crippen LogP contribution in [0.2, 0.25) is 5.02 Å². The van der Waals surface area contributed by atoms with E-state index in [0.717, 1.165) is 0 Å². The highest BCUT2D eigenvalue weighted by Crippen LogP contribution is 2.24. The minimum atomic E-state index is -0.329. The first-order valence-corrected chi connectivity index (χ1v) is 5.63. The summed E-state index contributed by atoms with van der Waals surface area (Å²) >= 11 is 5.90. The maximum atomic E-state index is 12.1. The Morgan fingerprint density at radius 1 is 1.44 bits per heavy atom. The van der Waals surface area contributed by atoms with Crippen LogP contribution in [0.15, 0.2) is 30.5 Å². The molecule has 0 saturated heterocycles. The van der Waals surface area contributed by atoms with E-state index in [1.54, 1.807) is 26.3 Å². The van der Waals surface area contributed by atoms with Gasteiger partial charge < -0.3 is 10.1 Å². The highest BCUT2D eigenvalue weighted by Gasteiger charge is 2.16. The molecule has 0 saturated carbocycles. The van der Waals surface area contributed by atoms with E-state index < -0.39 is 0 Å². The number of halogens is 1. The molecule has 1 amide bonds. The number of aromatic nitrogens is 2. The number of rotatable bonds is 3. The summed E-state index contributed by atoms with van der Waals surface area (Å²) in [5.74, 6) is 0.258. The van der Waals surface area contributed by atoms with Gasteiger partial charge >= 0.3 is 0 Å². The summed E-state index contributed by atoms with van der Waals surface area (Å²) < 4.78 is 6.58. The maximum Gasteiger partial charge on any atom is 0.275 e. The number of carbonyl (C=O) groups is 1. The molecular formula is C12H12ClN3O2. The molecule has 5 nitrogen and oxygen atoms in total. The highest BCUT2D eigenvalue weighted by atomic mass is 35.5. The van der Waals surface area contributed by atoms with E-state index in [0.29, 0.717) is 22.2 Å². The Bertz CT molecular complexity index is 561. The largest absolute Gasteiger partial charge is 0.495 e. The zero-order valence-electron chi connectivity index (χ0n) is 9.98. The van der Waals surface area contributed by atoms with Crippen LogP contribution in [-0.4, -0.2) is 22.8 Å². The van der Waals surface area contributed by atoms with Crippen molar-refractivity contribution in [2.24, 2.45) is 7.05 Å². The fraction of sp³-hybridized carbons (Fsp3) is 0.167. The Labute approximate surface area is 109 Å². The van der Waals surface area contributed by atoms with E-state index in [1.165, 1.54) is 10.9 Å². The number of carbonyl (C=O) groups excluding carboxylic acids is 1. The van der Waals surface area contributed by atoms with Gasteiger partial charge in [0.1, 0.15) is 11.4 Å². The van der Waals surface area contributed by atoms with Crippen LogP contribution in [0.25, 0.3) is 0 Å². The molecule has 0 fully saturated rings. The molecule has 1 aromatic carbocycles. The molecule has 0 aliphatic rings. The van der Waals surface area contributed by atoms with Crippen molar-refractivity contribution in [2.45, 2.75) is 0 Å². The minimum Gasteiger partial charge on any atom is -0.495 e. The number of aryl methyl sites for hydroxylation is 1. The van der Waals surface area contributed by atoms with Crippen LogP contribution in [0.5, 0.6) is 5.75 Å². The van der Waals surface area contributed by atoms with Crippen LogP contribution in [-0.2, 0) is 7.05 Å². The van der Waals surface area contributed by atoms with E-state index in [2.05, 4.69) is 10.4 Å². The normalized spacial score (nSPS) is 10.2. The number of para-hydroxylation sites is 2. The minimum absolute atomic E-state index is 0.308. The van der Waals surface area contributed by atoms with Crippen LogP contribution in [0.1, 0.15) is 10.5 Å². The summed E-state index contributed by atoms with van der Waals surface area (Å²) in [5.41, 5.74) is 0.893. The van der Waals surface area contributed by atoms with Crippen molar-refractivity contribution in [1.29, 1.82) is 0 Å². The fourth-order valence-corrected chi connectivity index (χ4v) is 1.85. The monoisotopic (exact) mass is 265 g/mol. The summed E-state index contributed by atoms with van der Waals surface area (Å²) in [6.45, 7) is 0. The average Bonchev–Trinajstić information content (AvgIpc) is 2.69. The van der Waals surface area contributed by atoms with Crippen LogP contribution in [0, 0.1) is 0 Å². The second kappa shape index (κ2) is 5.10. The zero-order chi connectivity index (χ0) is 13.1. The summed E-state index contributed by atoms with van der Waals surface area (Å²) in [5, 5.41) is 6.96. The van der Waals surface area contributed by atoms with Crippen molar-refractivity contribution < 1.29 is 9.53 Å². The first-order chi connectivity index (χ1) is 8.63. The van der Waals surface area contributed by atoms with Gasteiger partial charge in [-0.15, -0.1) is 0 Å². The first kappa shape index (κ1) is 12.4. The molecule has 1 aromatic heterocycles. The highest BCUT2D eigenvalue weighted by molar-refractivity contribution is 6.34. The van der Waals surface area contributed by atoms with Gasteiger partial charge in [0.05, 0.1) is 24.0 Å². The zero-order valence-corrected chi connectivity index (χ0v) is 10.7. The number of hydrogen-bond donors (Lipinski definition) is 1. The van der Waals surface area contributed by atoms with Crippen LogP contribution in [0.3, 0.4) is 0 Å². The summed E-state index contributed by atoms with van der Waals surface area (Å²) in [6, 6.07) is 7.15. The molecule has 0 radical (unpaired) electrons. The summed E-state index contributed by atoms with van der Waals surface area (Å²) in [7, 11) is 3.20. The molecular weight excluding hydrogens is 254 g/mol. The predicted molar refractivity (Wildman–Crippen MR) is 69.2 cm³/mol. The predicted octanol–water partition coefficient (Wildman–Crippen LogP) is 2.33. The molecule has 0 unspecified atom stereocenters. The van der Waals surface area contributed by atoms with E-state index in [9.17, 15) is 4.79 Å². The molecule has 18 heavy (non-hydrogen) atoms. The third-order valence-electron chi connectivity index (χ3n) is 2.46. The average molecular weight is 266 g/mol. The number of benzene rings is 1. The lowest BCUT2D eigenvalue weighted by Crippen LogP contribution is -2.17. The van der Waals surface area contributed by atoms with Crippen LogP contribution < -0.4 is 10.1 Å². The molecule has 2 rings (SSSR count). The molecule has 94 valence electrons. The van der Waals surface area contributed by atoms with Gasteiger partial charge in [0.25, 0.3) is 5.91 Å². The quantitative estimate of drug-likeness (QED) is 0.927. The van der Waals surface area contributed by atoms with Gasteiger partial charge in [-0.2, -0.15) is 5.10 Å². The Hall–Kier alpha value is -2.01. The van der Waals surface area contributed by atoms with Gasteiger partial charge in [-0.05, 0) is 12.1 Å². The van der Waals surface area contributed by atoms with Crippen molar-refractivity contribution in [3.63, 3.8) is 0 Å². The van der Waals surface area contributed by atoms with E-state index in [1.807, 2.05) is 12.1 Å². The first-order valence-electron chi connectivity index (χ1n) is 5.25. The molecule has 6 heteroatoms. The number of amides is 1. The van der Waals surface area contributed by atoms with E-state index in [-0.39, 0.29) is 5.91 Å². The molecule has 0 atom stereocenters. The van der Waals surface area contributed by atoms with Crippen molar-refractivity contribution in [1.82, 2.24) is 9.78 Å². The van der Waals surface area contributed by atoms with Crippen molar-refractivity contribution in [3.8, 4) is 5.75 Å². The molecule has 2 aromatic rings. The molecule has 0 aliphatic carbocycles. The van der Waals surface area contributed by atoms with Gasteiger partial charge in [-0.1, -0.05) is 23.7 Å². The lowest BCUT2D eigenvalue weighted by Gasteiger charge is -2.09. The number of nitrogens with zero attached hydrogens (tertiary/aromatic N) is 2. The third kappa shape index (κ3) is 2.31. The van der Waals surface area contributed by atoms with Crippen molar-refractivity contribution in [3.05, 3.63) is 41.2 Å². The second-order valence-corrected chi connectivity index (χ2v) is 4.03. The topological polar surface area (TPSA) is 56.1 Å². The third-order valence-corrected chi connectivity index (χ3v) is 2.74. The Morgan fingerprint density at radius 3 is 2.78 bits per heavy atom. The molecule has 0 bridgehead atoms. The number of ether oxygens (including phenoxy) is 1. The van der Waals surface area contributed by atoms with Gasteiger partial charge in [0, 0.05) is 7.05 Å². The fourth-order valence-electron chi connectivity index (χ4n) is 1.60. The maximum absolute atomic E-state index is 12.1. The standard InChI is InChI=1S/C12H12ClN3O2/c1-16-11(8(13)7-14-16)12(17)15-9-5-3-4-6-10(9)18-2/h3-7H,1-2H3,(H,15,17).